The van der Waals surface area contributed by atoms with Gasteiger partial charge in [0.15, 0.2) is 0 Å². The van der Waals surface area contributed by atoms with E-state index in [-0.39, 0.29) is 17.6 Å². The molecule has 2 atom stereocenters. The molecule has 0 aliphatic heterocycles. The molecule has 0 amide bonds. The van der Waals surface area contributed by atoms with Gasteiger partial charge < -0.3 is 10.4 Å². The highest BCUT2D eigenvalue weighted by atomic mass is 35.5. The van der Waals surface area contributed by atoms with Crippen LogP contribution in [0.1, 0.15) is 45.0 Å². The lowest BCUT2D eigenvalue weighted by Crippen LogP contribution is -2.31. The smallest absolute Gasteiger partial charge is 0.0931 e. The Hall–Kier alpha value is -0.0900. The Kier molecular flexibility index (Phi) is 5.45. The van der Waals surface area contributed by atoms with Crippen molar-refractivity contribution in [3.63, 3.8) is 0 Å². The lowest BCUT2D eigenvalue weighted by Gasteiger charge is -2.23. The average molecular weight is 276 g/mol. The van der Waals surface area contributed by atoms with Gasteiger partial charge in [0.05, 0.1) is 10.4 Å². The van der Waals surface area contributed by atoms with E-state index < -0.39 is 0 Å². The monoisotopic (exact) mass is 275 g/mol. The summed E-state index contributed by atoms with van der Waals surface area (Å²) < 4.78 is 0.809. The van der Waals surface area contributed by atoms with E-state index in [2.05, 4.69) is 33.0 Å². The van der Waals surface area contributed by atoms with Gasteiger partial charge in [-0.25, -0.2) is 0 Å². The summed E-state index contributed by atoms with van der Waals surface area (Å²) in [7, 11) is 0. The van der Waals surface area contributed by atoms with Crippen molar-refractivity contribution in [1.29, 1.82) is 0 Å². The Morgan fingerprint density at radius 1 is 1.41 bits per heavy atom. The Bertz CT molecular complexity index is 345. The van der Waals surface area contributed by atoms with E-state index in [1.165, 1.54) is 4.88 Å². The summed E-state index contributed by atoms with van der Waals surface area (Å²) >= 11 is 7.48. The molecule has 0 fully saturated rings. The number of rotatable bonds is 5. The molecule has 2 unspecified atom stereocenters. The summed E-state index contributed by atoms with van der Waals surface area (Å²) in [5, 5.41) is 13.2. The molecule has 0 saturated carbocycles. The largest absolute Gasteiger partial charge is 0.392 e. The molecule has 0 aromatic carbocycles. The van der Waals surface area contributed by atoms with Crippen LogP contribution < -0.4 is 5.32 Å². The number of aliphatic hydroxyl groups is 1. The second kappa shape index (κ2) is 6.19. The molecule has 1 aromatic heterocycles. The first-order valence-corrected chi connectivity index (χ1v) is 7.14. The van der Waals surface area contributed by atoms with Crippen LogP contribution in [0.15, 0.2) is 12.1 Å². The fourth-order valence-corrected chi connectivity index (χ4v) is 2.84. The van der Waals surface area contributed by atoms with Crippen molar-refractivity contribution in [1.82, 2.24) is 5.32 Å². The minimum Gasteiger partial charge on any atom is -0.392 e. The van der Waals surface area contributed by atoms with Crippen LogP contribution in [0.2, 0.25) is 4.34 Å². The second-order valence-electron chi connectivity index (χ2n) is 5.69. The fraction of sp³-hybridized carbons (Fsp3) is 0.692. The van der Waals surface area contributed by atoms with Gasteiger partial charge in [-0.15, -0.1) is 11.3 Å². The van der Waals surface area contributed by atoms with Crippen molar-refractivity contribution in [3.8, 4) is 0 Å². The van der Waals surface area contributed by atoms with Gasteiger partial charge in [0.25, 0.3) is 0 Å². The zero-order chi connectivity index (χ0) is 13.1. The predicted octanol–water partition coefficient (Wildman–Crippen LogP) is 3.85. The third-order valence-corrected chi connectivity index (χ3v) is 3.94. The zero-order valence-electron chi connectivity index (χ0n) is 11.0. The quantitative estimate of drug-likeness (QED) is 0.856. The van der Waals surface area contributed by atoms with Crippen molar-refractivity contribution in [2.45, 2.75) is 46.3 Å². The van der Waals surface area contributed by atoms with Crippen LogP contribution >= 0.6 is 22.9 Å². The summed E-state index contributed by atoms with van der Waals surface area (Å²) in [5.74, 6) is 0. The first kappa shape index (κ1) is 15.0. The van der Waals surface area contributed by atoms with E-state index in [1.807, 2.05) is 12.1 Å². The molecule has 2 nitrogen and oxygen atoms in total. The summed E-state index contributed by atoms with van der Waals surface area (Å²) in [5.41, 5.74) is 0.163. The third kappa shape index (κ3) is 5.87. The maximum Gasteiger partial charge on any atom is 0.0931 e. The number of nitrogens with one attached hydrogen (secondary N) is 1. The van der Waals surface area contributed by atoms with Crippen LogP contribution in [-0.4, -0.2) is 17.8 Å². The van der Waals surface area contributed by atoms with Crippen LogP contribution in [-0.2, 0) is 0 Å². The highest BCUT2D eigenvalue weighted by Crippen LogP contribution is 2.27. The van der Waals surface area contributed by atoms with Crippen LogP contribution in [0.25, 0.3) is 0 Å². The number of halogens is 1. The van der Waals surface area contributed by atoms with Gasteiger partial charge in [-0.05, 0) is 30.9 Å². The van der Waals surface area contributed by atoms with Gasteiger partial charge in [-0.3, -0.25) is 0 Å². The van der Waals surface area contributed by atoms with E-state index in [1.54, 1.807) is 11.3 Å². The summed E-state index contributed by atoms with van der Waals surface area (Å²) in [6, 6.07) is 4.17. The predicted molar refractivity (Wildman–Crippen MR) is 75.8 cm³/mol. The SMILES string of the molecule is CC(NCC(O)CC(C)(C)C)c1ccc(Cl)s1. The molecule has 0 bridgehead atoms. The number of hydrogen-bond donors (Lipinski definition) is 2. The highest BCUT2D eigenvalue weighted by molar-refractivity contribution is 7.16. The van der Waals surface area contributed by atoms with Gasteiger partial charge in [0.1, 0.15) is 0 Å². The molecule has 98 valence electrons. The van der Waals surface area contributed by atoms with Crippen LogP contribution in [0, 0.1) is 5.41 Å². The maximum atomic E-state index is 9.90. The molecule has 4 heteroatoms. The molecule has 1 heterocycles. The van der Waals surface area contributed by atoms with Crippen molar-refractivity contribution < 1.29 is 5.11 Å². The van der Waals surface area contributed by atoms with Crippen molar-refractivity contribution in [2.24, 2.45) is 5.41 Å². The first-order valence-electron chi connectivity index (χ1n) is 5.94. The third-order valence-electron chi connectivity index (χ3n) is 2.53. The molecule has 2 N–H and O–H groups in total. The molecule has 0 saturated heterocycles. The molecule has 1 aromatic rings. The van der Waals surface area contributed by atoms with Crippen LogP contribution in [0.3, 0.4) is 0 Å². The lowest BCUT2D eigenvalue weighted by atomic mass is 9.89. The van der Waals surface area contributed by atoms with Gasteiger partial charge in [0.2, 0.25) is 0 Å². The molecular formula is C13H22ClNOS. The van der Waals surface area contributed by atoms with Crippen molar-refractivity contribution >= 4 is 22.9 Å². The fourth-order valence-electron chi connectivity index (χ4n) is 1.75. The topological polar surface area (TPSA) is 32.3 Å². The molecule has 0 aliphatic carbocycles. The van der Waals surface area contributed by atoms with Crippen LogP contribution in [0.5, 0.6) is 0 Å². The van der Waals surface area contributed by atoms with Crippen LogP contribution in [0.4, 0.5) is 0 Å². The van der Waals surface area contributed by atoms with E-state index in [9.17, 15) is 5.11 Å². The Labute approximate surface area is 113 Å². The van der Waals surface area contributed by atoms with Gasteiger partial charge in [0, 0.05) is 17.5 Å². The van der Waals surface area contributed by atoms with E-state index in [0.717, 1.165) is 10.8 Å². The standard InChI is InChI=1S/C13H22ClNOS/c1-9(11-5-6-12(14)17-11)15-8-10(16)7-13(2,3)4/h5-6,9-10,15-16H,7-8H2,1-4H3. The summed E-state index contributed by atoms with van der Waals surface area (Å²) in [6.07, 6.45) is 0.505. The van der Waals surface area contributed by atoms with E-state index in [0.29, 0.717) is 6.54 Å². The number of thiophene rings is 1. The first-order chi connectivity index (χ1) is 7.78. The highest BCUT2D eigenvalue weighted by Gasteiger charge is 2.17. The summed E-state index contributed by atoms with van der Waals surface area (Å²) in [4.78, 5) is 1.21. The van der Waals surface area contributed by atoms with Gasteiger partial charge in [-0.1, -0.05) is 32.4 Å². The molecule has 0 radical (unpaired) electrons. The van der Waals surface area contributed by atoms with E-state index >= 15 is 0 Å². The zero-order valence-corrected chi connectivity index (χ0v) is 12.5. The van der Waals surface area contributed by atoms with Gasteiger partial charge >= 0.3 is 0 Å². The Balaban J connectivity index is 2.35. The number of hydrogen-bond acceptors (Lipinski definition) is 3. The minimum atomic E-state index is -0.298. The number of aliphatic hydroxyl groups excluding tert-OH is 1. The second-order valence-corrected chi connectivity index (χ2v) is 7.44. The normalized spacial score (nSPS) is 15.9. The molecular weight excluding hydrogens is 254 g/mol. The lowest BCUT2D eigenvalue weighted by molar-refractivity contribution is 0.117. The Morgan fingerprint density at radius 2 is 2.06 bits per heavy atom. The molecule has 1 rings (SSSR count). The average Bonchev–Trinajstić information content (AvgIpc) is 2.58. The minimum absolute atomic E-state index is 0.163. The molecule has 0 spiro atoms. The van der Waals surface area contributed by atoms with Crippen molar-refractivity contribution in [2.75, 3.05) is 6.54 Å². The van der Waals surface area contributed by atoms with Crippen molar-refractivity contribution in [3.05, 3.63) is 21.3 Å². The molecule has 17 heavy (non-hydrogen) atoms. The maximum absolute atomic E-state index is 9.90. The van der Waals surface area contributed by atoms with E-state index in [4.69, 9.17) is 11.6 Å². The van der Waals surface area contributed by atoms with Gasteiger partial charge in [-0.2, -0.15) is 0 Å². The Morgan fingerprint density at radius 3 is 2.53 bits per heavy atom. The summed E-state index contributed by atoms with van der Waals surface area (Å²) in [6.45, 7) is 9.12. The molecule has 0 aliphatic rings.